The highest BCUT2D eigenvalue weighted by Crippen LogP contribution is 2.30. The summed E-state index contributed by atoms with van der Waals surface area (Å²) in [4.78, 5) is 12.5. The van der Waals surface area contributed by atoms with E-state index in [0.29, 0.717) is 16.9 Å². The zero-order valence-electron chi connectivity index (χ0n) is 12.4. The van der Waals surface area contributed by atoms with Gasteiger partial charge in [-0.1, -0.05) is 19.1 Å². The number of methoxy groups -OCH3 is 1. The van der Waals surface area contributed by atoms with Crippen molar-refractivity contribution in [2.75, 3.05) is 7.11 Å². The molecule has 0 amide bonds. The highest BCUT2D eigenvalue weighted by atomic mass is 127. The van der Waals surface area contributed by atoms with Crippen LogP contribution in [0.4, 0.5) is 0 Å². The minimum Gasteiger partial charge on any atom is -0.497 e. The lowest BCUT2D eigenvalue weighted by molar-refractivity contribution is 0.414. The van der Waals surface area contributed by atoms with Crippen molar-refractivity contribution < 1.29 is 9.15 Å². The molecule has 0 saturated heterocycles. The van der Waals surface area contributed by atoms with Crippen LogP contribution >= 0.6 is 22.6 Å². The third-order valence-electron chi connectivity index (χ3n) is 3.71. The summed E-state index contributed by atoms with van der Waals surface area (Å²) in [5.41, 5.74) is 2.81. The summed E-state index contributed by atoms with van der Waals surface area (Å²) in [5, 5.41) is 0.955. The van der Waals surface area contributed by atoms with Crippen molar-refractivity contribution in [1.29, 1.82) is 0 Å². The topological polar surface area (TPSA) is 39.4 Å². The lowest BCUT2D eigenvalue weighted by atomic mass is 9.97. The molecule has 2 aromatic carbocycles. The highest BCUT2D eigenvalue weighted by Gasteiger charge is 2.15. The average Bonchev–Trinajstić information content (AvgIpc) is 2.54. The number of fused-ring (bicyclic) bond motifs is 1. The van der Waals surface area contributed by atoms with Crippen molar-refractivity contribution in [3.05, 3.63) is 62.0 Å². The highest BCUT2D eigenvalue weighted by molar-refractivity contribution is 14.1. The normalized spacial score (nSPS) is 10.9. The molecule has 3 nitrogen and oxygen atoms in total. The SMILES string of the molecule is CCc1c(-c2ccc(I)cc2)c(=O)oc2cc(OC)ccc12. The standard InChI is InChI=1S/C18H15IO3/c1-3-14-15-9-8-13(21-2)10-16(15)22-18(20)17(14)11-4-6-12(19)7-5-11/h4-10H,3H2,1-2H3. The van der Waals surface area contributed by atoms with Crippen LogP contribution in [0.2, 0.25) is 0 Å². The van der Waals surface area contributed by atoms with Gasteiger partial charge < -0.3 is 9.15 Å². The van der Waals surface area contributed by atoms with E-state index in [1.165, 1.54) is 0 Å². The number of hydrogen-bond acceptors (Lipinski definition) is 3. The van der Waals surface area contributed by atoms with E-state index >= 15 is 0 Å². The number of ether oxygens (including phenoxy) is 1. The van der Waals surface area contributed by atoms with Gasteiger partial charge in [-0.3, -0.25) is 0 Å². The molecule has 22 heavy (non-hydrogen) atoms. The monoisotopic (exact) mass is 406 g/mol. The van der Waals surface area contributed by atoms with Crippen LogP contribution in [0.25, 0.3) is 22.1 Å². The maximum Gasteiger partial charge on any atom is 0.344 e. The second kappa shape index (κ2) is 6.12. The van der Waals surface area contributed by atoms with Crippen LogP contribution in [0, 0.1) is 3.57 Å². The van der Waals surface area contributed by atoms with Crippen LogP contribution in [0.3, 0.4) is 0 Å². The van der Waals surface area contributed by atoms with E-state index in [1.807, 2.05) is 36.4 Å². The molecule has 0 aliphatic heterocycles. The van der Waals surface area contributed by atoms with Crippen LogP contribution in [-0.4, -0.2) is 7.11 Å². The predicted molar refractivity (Wildman–Crippen MR) is 96.6 cm³/mol. The van der Waals surface area contributed by atoms with Gasteiger partial charge >= 0.3 is 5.63 Å². The Bertz CT molecular complexity index is 879. The molecule has 3 aromatic rings. The van der Waals surface area contributed by atoms with Crippen molar-refractivity contribution in [1.82, 2.24) is 0 Å². The molecule has 1 heterocycles. The van der Waals surface area contributed by atoms with Gasteiger partial charge in [0.15, 0.2) is 0 Å². The van der Waals surface area contributed by atoms with Crippen molar-refractivity contribution in [3.63, 3.8) is 0 Å². The maximum absolute atomic E-state index is 12.5. The Kier molecular flexibility index (Phi) is 4.20. The third kappa shape index (κ3) is 2.63. The molecule has 0 spiro atoms. The van der Waals surface area contributed by atoms with E-state index in [1.54, 1.807) is 13.2 Å². The fourth-order valence-electron chi connectivity index (χ4n) is 2.65. The van der Waals surface area contributed by atoms with Crippen LogP contribution in [-0.2, 0) is 6.42 Å². The first-order chi connectivity index (χ1) is 10.6. The van der Waals surface area contributed by atoms with Crippen LogP contribution < -0.4 is 10.4 Å². The van der Waals surface area contributed by atoms with Gasteiger partial charge in [0.1, 0.15) is 11.3 Å². The molecule has 0 radical (unpaired) electrons. The molecule has 0 atom stereocenters. The molecular formula is C18H15IO3. The summed E-state index contributed by atoms with van der Waals surface area (Å²) >= 11 is 2.25. The Morgan fingerprint density at radius 3 is 2.50 bits per heavy atom. The number of rotatable bonds is 3. The van der Waals surface area contributed by atoms with Crippen molar-refractivity contribution in [2.24, 2.45) is 0 Å². The van der Waals surface area contributed by atoms with Crippen LogP contribution in [0.15, 0.2) is 51.7 Å². The summed E-state index contributed by atoms with van der Waals surface area (Å²) in [6.07, 6.45) is 0.760. The smallest absolute Gasteiger partial charge is 0.344 e. The molecule has 1 aromatic heterocycles. The lowest BCUT2D eigenvalue weighted by Gasteiger charge is -2.11. The lowest BCUT2D eigenvalue weighted by Crippen LogP contribution is -2.07. The first-order valence-corrected chi connectivity index (χ1v) is 8.11. The van der Waals surface area contributed by atoms with E-state index in [2.05, 4.69) is 29.5 Å². The summed E-state index contributed by atoms with van der Waals surface area (Å²) in [6.45, 7) is 2.05. The second-order valence-electron chi connectivity index (χ2n) is 4.97. The van der Waals surface area contributed by atoms with Crippen LogP contribution in [0.1, 0.15) is 12.5 Å². The van der Waals surface area contributed by atoms with E-state index in [-0.39, 0.29) is 5.63 Å². The molecule has 0 aliphatic carbocycles. The summed E-state index contributed by atoms with van der Waals surface area (Å²) < 4.78 is 11.9. The summed E-state index contributed by atoms with van der Waals surface area (Å²) in [6, 6.07) is 13.5. The average molecular weight is 406 g/mol. The minimum atomic E-state index is -0.307. The van der Waals surface area contributed by atoms with Gasteiger partial charge in [0.25, 0.3) is 0 Å². The molecule has 112 valence electrons. The zero-order valence-corrected chi connectivity index (χ0v) is 14.5. The maximum atomic E-state index is 12.5. The summed E-state index contributed by atoms with van der Waals surface area (Å²) in [7, 11) is 1.60. The van der Waals surface area contributed by atoms with Crippen molar-refractivity contribution in [3.8, 4) is 16.9 Å². The van der Waals surface area contributed by atoms with E-state index < -0.39 is 0 Å². The predicted octanol–water partition coefficient (Wildman–Crippen LogP) is 4.64. The Morgan fingerprint density at radius 2 is 1.86 bits per heavy atom. The van der Waals surface area contributed by atoms with Gasteiger partial charge in [-0.05, 0) is 64.4 Å². The van der Waals surface area contributed by atoms with Crippen molar-refractivity contribution >= 4 is 33.6 Å². The fraction of sp³-hybridized carbons (Fsp3) is 0.167. The molecule has 3 rings (SSSR count). The first kappa shape index (κ1) is 15.1. The van der Waals surface area contributed by atoms with E-state index in [4.69, 9.17) is 9.15 Å². The molecule has 0 fully saturated rings. The van der Waals surface area contributed by atoms with Gasteiger partial charge in [0.2, 0.25) is 0 Å². The number of aryl methyl sites for hydroxylation is 1. The van der Waals surface area contributed by atoms with Gasteiger partial charge in [-0.2, -0.15) is 0 Å². The van der Waals surface area contributed by atoms with Gasteiger partial charge in [-0.25, -0.2) is 4.79 Å². The van der Waals surface area contributed by atoms with Crippen molar-refractivity contribution in [2.45, 2.75) is 13.3 Å². The first-order valence-electron chi connectivity index (χ1n) is 7.03. The van der Waals surface area contributed by atoms with E-state index in [9.17, 15) is 4.79 Å². The fourth-order valence-corrected chi connectivity index (χ4v) is 3.01. The molecule has 0 saturated carbocycles. The number of hydrogen-bond donors (Lipinski definition) is 0. The van der Waals surface area contributed by atoms with Gasteiger partial charge in [-0.15, -0.1) is 0 Å². The molecule has 0 bridgehead atoms. The molecule has 0 N–H and O–H groups in total. The summed E-state index contributed by atoms with van der Waals surface area (Å²) in [5.74, 6) is 0.680. The number of benzene rings is 2. The third-order valence-corrected chi connectivity index (χ3v) is 4.43. The quantitative estimate of drug-likeness (QED) is 0.470. The van der Waals surface area contributed by atoms with Gasteiger partial charge in [0.05, 0.1) is 12.7 Å². The minimum absolute atomic E-state index is 0.307. The molecule has 0 unspecified atom stereocenters. The Hall–Kier alpha value is -1.82. The Morgan fingerprint density at radius 1 is 1.14 bits per heavy atom. The molecule has 0 aliphatic rings. The largest absolute Gasteiger partial charge is 0.497 e. The van der Waals surface area contributed by atoms with E-state index in [0.717, 1.165) is 26.5 Å². The molecule has 4 heteroatoms. The Labute approximate surface area is 142 Å². The van der Waals surface area contributed by atoms with Gasteiger partial charge in [0, 0.05) is 15.0 Å². The zero-order chi connectivity index (χ0) is 15.7. The molecular weight excluding hydrogens is 391 g/mol. The number of halogens is 1. The second-order valence-corrected chi connectivity index (χ2v) is 6.21. The Balaban J connectivity index is 2.33. The van der Waals surface area contributed by atoms with Crippen LogP contribution in [0.5, 0.6) is 5.75 Å².